The van der Waals surface area contributed by atoms with E-state index in [0.717, 1.165) is 28.6 Å². The van der Waals surface area contributed by atoms with Gasteiger partial charge in [-0.1, -0.05) is 54.6 Å². The molecule has 0 saturated heterocycles. The van der Waals surface area contributed by atoms with E-state index in [4.69, 9.17) is 15.2 Å². The topological polar surface area (TPSA) is 44.5 Å². The van der Waals surface area contributed by atoms with Crippen molar-refractivity contribution in [1.29, 1.82) is 0 Å². The van der Waals surface area contributed by atoms with E-state index in [-0.39, 0.29) is 0 Å². The highest BCUT2D eigenvalue weighted by atomic mass is 16.5. The van der Waals surface area contributed by atoms with Gasteiger partial charge in [0.15, 0.2) is 0 Å². The Hall–Kier alpha value is -3.56. The molecule has 30 heavy (non-hydrogen) atoms. The van der Waals surface area contributed by atoms with Crippen molar-refractivity contribution in [1.82, 2.24) is 0 Å². The normalized spacial score (nSPS) is 9.97. The van der Waals surface area contributed by atoms with Crippen LogP contribution in [0.5, 0.6) is 23.0 Å². The molecule has 0 heterocycles. The molecule has 4 aromatic rings. The molecule has 0 unspecified atom stereocenters. The average molecular weight is 398 g/mol. The molecule has 0 saturated carbocycles. The number of rotatable bonds is 5. The summed E-state index contributed by atoms with van der Waals surface area (Å²) in [6.07, 6.45) is 0. The highest BCUT2D eigenvalue weighted by Gasteiger charge is 1.98. The van der Waals surface area contributed by atoms with Gasteiger partial charge in [-0.05, 0) is 79.1 Å². The number of hydrogen-bond acceptors (Lipinski definition) is 3. The molecule has 3 nitrogen and oxygen atoms in total. The van der Waals surface area contributed by atoms with Crippen molar-refractivity contribution in [2.24, 2.45) is 5.73 Å². The molecule has 4 rings (SSSR count). The number of nitrogens with two attached hydrogens (primary N) is 1. The molecule has 152 valence electrons. The molecule has 0 fully saturated rings. The summed E-state index contributed by atoms with van der Waals surface area (Å²) in [5, 5.41) is 0. The molecule has 0 radical (unpaired) electrons. The Bertz CT molecular complexity index is 1020. The fourth-order valence-electron chi connectivity index (χ4n) is 2.85. The lowest BCUT2D eigenvalue weighted by atomic mass is 10.2. The minimum atomic E-state index is 0.534. The Balaban J connectivity index is 0.000000171. The zero-order chi connectivity index (χ0) is 21.2. The summed E-state index contributed by atoms with van der Waals surface area (Å²) >= 11 is 0. The van der Waals surface area contributed by atoms with Gasteiger partial charge in [-0.2, -0.15) is 0 Å². The van der Waals surface area contributed by atoms with E-state index < -0.39 is 0 Å². The maximum Gasteiger partial charge on any atom is 0.127 e. The Morgan fingerprint density at radius 3 is 1.53 bits per heavy atom. The largest absolute Gasteiger partial charge is 0.457 e. The molecule has 0 aliphatic rings. The van der Waals surface area contributed by atoms with E-state index in [0.29, 0.717) is 6.54 Å². The second-order valence-electron chi connectivity index (χ2n) is 7.00. The van der Waals surface area contributed by atoms with E-state index in [9.17, 15) is 0 Å². The monoisotopic (exact) mass is 397 g/mol. The Labute approximate surface area is 178 Å². The SMILES string of the molecule is Cc1cccc(Oc2cccc(C)c2)c1.NCc1cccc(Oc2ccccc2)c1. The summed E-state index contributed by atoms with van der Waals surface area (Å²) < 4.78 is 11.4. The summed E-state index contributed by atoms with van der Waals surface area (Å²) in [4.78, 5) is 0. The number of hydrogen-bond donors (Lipinski definition) is 1. The van der Waals surface area contributed by atoms with Crippen LogP contribution in [0.25, 0.3) is 0 Å². The molecule has 3 heteroatoms. The molecular weight excluding hydrogens is 370 g/mol. The van der Waals surface area contributed by atoms with Gasteiger partial charge in [0.05, 0.1) is 0 Å². The van der Waals surface area contributed by atoms with Gasteiger partial charge in [0.25, 0.3) is 0 Å². The molecule has 0 aliphatic carbocycles. The number of benzene rings is 4. The van der Waals surface area contributed by atoms with Gasteiger partial charge in [0, 0.05) is 6.54 Å². The molecular formula is C27H27NO2. The van der Waals surface area contributed by atoms with Crippen LogP contribution in [0.2, 0.25) is 0 Å². The van der Waals surface area contributed by atoms with Crippen molar-refractivity contribution < 1.29 is 9.47 Å². The molecule has 4 aromatic carbocycles. The fraction of sp³-hybridized carbons (Fsp3) is 0.111. The average Bonchev–Trinajstić information content (AvgIpc) is 2.75. The summed E-state index contributed by atoms with van der Waals surface area (Å²) in [6.45, 7) is 4.65. The Morgan fingerprint density at radius 2 is 1.00 bits per heavy atom. The van der Waals surface area contributed by atoms with E-state index in [2.05, 4.69) is 26.0 Å². The van der Waals surface area contributed by atoms with Crippen LogP contribution < -0.4 is 15.2 Å². The third-order valence-electron chi connectivity index (χ3n) is 4.33. The van der Waals surface area contributed by atoms with Gasteiger partial charge in [0.2, 0.25) is 0 Å². The summed E-state index contributed by atoms with van der Waals surface area (Å²) in [5.74, 6) is 3.44. The van der Waals surface area contributed by atoms with Crippen molar-refractivity contribution in [3.05, 3.63) is 120 Å². The lowest BCUT2D eigenvalue weighted by Crippen LogP contribution is -1.95. The zero-order valence-electron chi connectivity index (χ0n) is 17.4. The van der Waals surface area contributed by atoms with E-state index in [1.54, 1.807) is 0 Å². The van der Waals surface area contributed by atoms with Crippen LogP contribution in [-0.4, -0.2) is 0 Å². The van der Waals surface area contributed by atoms with Crippen LogP contribution in [0.3, 0.4) is 0 Å². The number of ether oxygens (including phenoxy) is 2. The van der Waals surface area contributed by atoms with Crippen LogP contribution in [0.1, 0.15) is 16.7 Å². The Kier molecular flexibility index (Phi) is 7.64. The third kappa shape index (κ3) is 6.80. The predicted octanol–water partition coefficient (Wildman–Crippen LogP) is 7.03. The fourth-order valence-corrected chi connectivity index (χ4v) is 2.85. The quantitative estimate of drug-likeness (QED) is 0.393. The summed E-state index contributed by atoms with van der Waals surface area (Å²) in [5.41, 5.74) is 9.05. The number of para-hydroxylation sites is 1. The first-order valence-electron chi connectivity index (χ1n) is 9.95. The highest BCUT2D eigenvalue weighted by molar-refractivity contribution is 5.35. The second kappa shape index (κ2) is 10.8. The minimum absolute atomic E-state index is 0.534. The molecule has 0 aromatic heterocycles. The summed E-state index contributed by atoms with van der Waals surface area (Å²) in [6, 6.07) is 33.6. The maximum atomic E-state index is 5.74. The van der Waals surface area contributed by atoms with E-state index in [1.165, 1.54) is 11.1 Å². The van der Waals surface area contributed by atoms with Gasteiger partial charge in [-0.3, -0.25) is 0 Å². The van der Waals surface area contributed by atoms with Crippen molar-refractivity contribution >= 4 is 0 Å². The second-order valence-corrected chi connectivity index (χ2v) is 7.00. The van der Waals surface area contributed by atoms with E-state index >= 15 is 0 Å². The minimum Gasteiger partial charge on any atom is -0.457 e. The molecule has 0 atom stereocenters. The Morgan fingerprint density at radius 1 is 0.533 bits per heavy atom. The predicted molar refractivity (Wildman–Crippen MR) is 123 cm³/mol. The van der Waals surface area contributed by atoms with Crippen molar-refractivity contribution in [3.63, 3.8) is 0 Å². The molecule has 0 amide bonds. The van der Waals surface area contributed by atoms with Crippen LogP contribution in [-0.2, 0) is 6.54 Å². The van der Waals surface area contributed by atoms with Gasteiger partial charge in [0.1, 0.15) is 23.0 Å². The van der Waals surface area contributed by atoms with Crippen LogP contribution in [0, 0.1) is 13.8 Å². The van der Waals surface area contributed by atoms with Crippen LogP contribution in [0.4, 0.5) is 0 Å². The van der Waals surface area contributed by atoms with Gasteiger partial charge in [-0.15, -0.1) is 0 Å². The first-order chi connectivity index (χ1) is 14.6. The summed E-state index contributed by atoms with van der Waals surface area (Å²) in [7, 11) is 0. The molecule has 0 aliphatic heterocycles. The lowest BCUT2D eigenvalue weighted by Gasteiger charge is -2.06. The smallest absolute Gasteiger partial charge is 0.127 e. The number of aryl methyl sites for hydroxylation is 2. The van der Waals surface area contributed by atoms with Crippen molar-refractivity contribution in [2.45, 2.75) is 20.4 Å². The molecule has 0 spiro atoms. The zero-order valence-corrected chi connectivity index (χ0v) is 17.4. The van der Waals surface area contributed by atoms with Gasteiger partial charge >= 0.3 is 0 Å². The molecule has 0 bridgehead atoms. The van der Waals surface area contributed by atoms with Crippen LogP contribution in [0.15, 0.2) is 103 Å². The van der Waals surface area contributed by atoms with Crippen LogP contribution >= 0.6 is 0 Å². The lowest BCUT2D eigenvalue weighted by molar-refractivity contribution is 0.481. The maximum absolute atomic E-state index is 5.74. The first kappa shape index (κ1) is 21.2. The van der Waals surface area contributed by atoms with Gasteiger partial charge < -0.3 is 15.2 Å². The highest BCUT2D eigenvalue weighted by Crippen LogP contribution is 2.23. The standard InChI is InChI=1S/C14H14O.C13H13NO/c1-11-5-3-7-13(9-11)15-14-8-4-6-12(2)10-14;14-10-11-5-4-8-13(9-11)15-12-6-2-1-3-7-12/h3-10H,1-2H3;1-9H,10,14H2. The first-order valence-corrected chi connectivity index (χ1v) is 9.95. The van der Waals surface area contributed by atoms with Crippen molar-refractivity contribution in [3.8, 4) is 23.0 Å². The van der Waals surface area contributed by atoms with Crippen molar-refractivity contribution in [2.75, 3.05) is 0 Å². The third-order valence-corrected chi connectivity index (χ3v) is 4.33. The van der Waals surface area contributed by atoms with Gasteiger partial charge in [-0.25, -0.2) is 0 Å². The molecule has 2 N–H and O–H groups in total. The van der Waals surface area contributed by atoms with E-state index in [1.807, 2.05) is 91.0 Å².